The summed E-state index contributed by atoms with van der Waals surface area (Å²) in [6.45, 7) is 1.13. The van der Waals surface area contributed by atoms with Gasteiger partial charge < -0.3 is 15.1 Å². The van der Waals surface area contributed by atoms with Crippen LogP contribution in [0.1, 0.15) is 34.3 Å². The molecule has 0 aliphatic carbocycles. The fourth-order valence-electron chi connectivity index (χ4n) is 4.48. The van der Waals surface area contributed by atoms with Gasteiger partial charge in [-0.1, -0.05) is 18.2 Å². The number of carbonyl (C=O) groups excluding carboxylic acids is 3. The van der Waals surface area contributed by atoms with E-state index in [0.29, 0.717) is 19.4 Å². The average molecular weight is 494 g/mol. The van der Waals surface area contributed by atoms with E-state index in [-0.39, 0.29) is 36.2 Å². The van der Waals surface area contributed by atoms with Gasteiger partial charge in [-0.25, -0.2) is 0 Å². The van der Waals surface area contributed by atoms with Crippen molar-refractivity contribution in [3.05, 3.63) is 59.2 Å². The Labute approximate surface area is 199 Å². The zero-order valence-corrected chi connectivity index (χ0v) is 19.0. The summed E-state index contributed by atoms with van der Waals surface area (Å²) in [5.41, 5.74) is 0.673. The second-order valence-electron chi connectivity index (χ2n) is 8.41. The molecule has 180 valence electrons. The minimum Gasteiger partial charge on any atom is -0.339 e. The molecule has 0 saturated carbocycles. The molecule has 0 aromatic heterocycles. The predicted molar refractivity (Wildman–Crippen MR) is 122 cm³/mol. The summed E-state index contributed by atoms with van der Waals surface area (Å²) < 4.78 is 40.1. The summed E-state index contributed by atoms with van der Waals surface area (Å²) >= 11 is 5.43. The summed E-state index contributed by atoms with van der Waals surface area (Å²) in [5.74, 6) is -1.92. The van der Waals surface area contributed by atoms with Crippen LogP contribution in [0, 0.1) is 5.92 Å². The molecular weight excluding hydrogens is 471 g/mol. The second-order valence-corrected chi connectivity index (χ2v) is 8.68. The number of benzene rings is 2. The van der Waals surface area contributed by atoms with Crippen molar-refractivity contribution in [2.24, 2.45) is 5.92 Å². The number of para-hydroxylation sites is 1. The Bertz CT molecular complexity index is 1110. The van der Waals surface area contributed by atoms with Crippen molar-refractivity contribution in [2.75, 3.05) is 35.7 Å². The molecule has 2 aromatic rings. The van der Waals surface area contributed by atoms with E-state index in [0.717, 1.165) is 29.8 Å². The molecule has 6 nitrogen and oxygen atoms in total. The SMILES string of the molecule is O=C(CCl)Nc1cc(C(=O)N2CCC(C(=O)N3CCc4ccccc43)CC2)cc(C(F)(F)F)c1. The van der Waals surface area contributed by atoms with Gasteiger partial charge in [-0.3, -0.25) is 14.4 Å². The first-order valence-corrected chi connectivity index (χ1v) is 11.5. The lowest BCUT2D eigenvalue weighted by Gasteiger charge is -2.33. The Kier molecular flexibility index (Phi) is 6.84. The van der Waals surface area contributed by atoms with Gasteiger partial charge in [0.25, 0.3) is 5.91 Å². The molecule has 0 spiro atoms. The van der Waals surface area contributed by atoms with E-state index in [2.05, 4.69) is 5.32 Å². The quantitative estimate of drug-likeness (QED) is 0.645. The zero-order valence-electron chi connectivity index (χ0n) is 18.2. The molecule has 2 heterocycles. The van der Waals surface area contributed by atoms with Gasteiger partial charge in [-0.2, -0.15) is 13.2 Å². The molecule has 1 N–H and O–H groups in total. The van der Waals surface area contributed by atoms with E-state index in [1.54, 1.807) is 4.90 Å². The predicted octanol–water partition coefficient (Wildman–Crippen LogP) is 4.32. The van der Waals surface area contributed by atoms with Gasteiger partial charge >= 0.3 is 6.18 Å². The molecular formula is C24H23ClF3N3O3. The number of hydrogen-bond donors (Lipinski definition) is 1. The van der Waals surface area contributed by atoms with Gasteiger partial charge in [-0.15, -0.1) is 11.6 Å². The highest BCUT2D eigenvalue weighted by molar-refractivity contribution is 6.29. The monoisotopic (exact) mass is 493 g/mol. The van der Waals surface area contributed by atoms with Gasteiger partial charge in [0.15, 0.2) is 0 Å². The first-order chi connectivity index (χ1) is 16.2. The minimum absolute atomic E-state index is 0.0159. The number of alkyl halides is 4. The Morgan fingerprint density at radius 2 is 1.74 bits per heavy atom. The molecule has 0 radical (unpaired) electrons. The molecule has 1 fully saturated rings. The molecule has 4 rings (SSSR count). The van der Waals surface area contributed by atoms with Crippen LogP contribution in [0.4, 0.5) is 24.5 Å². The molecule has 0 atom stereocenters. The van der Waals surface area contributed by atoms with Crippen molar-refractivity contribution in [3.8, 4) is 0 Å². The maximum atomic E-state index is 13.4. The number of anilines is 2. The number of rotatable bonds is 4. The highest BCUT2D eigenvalue weighted by Gasteiger charge is 2.35. The van der Waals surface area contributed by atoms with Crippen molar-refractivity contribution < 1.29 is 27.6 Å². The molecule has 2 aromatic carbocycles. The highest BCUT2D eigenvalue weighted by atomic mass is 35.5. The van der Waals surface area contributed by atoms with Crippen LogP contribution in [0.3, 0.4) is 0 Å². The average Bonchev–Trinajstić information content (AvgIpc) is 3.26. The summed E-state index contributed by atoms with van der Waals surface area (Å²) in [6.07, 6.45) is -3.03. The van der Waals surface area contributed by atoms with E-state index in [1.165, 1.54) is 11.0 Å². The van der Waals surface area contributed by atoms with Crippen LogP contribution >= 0.6 is 11.6 Å². The van der Waals surface area contributed by atoms with Crippen LogP contribution in [0.5, 0.6) is 0 Å². The van der Waals surface area contributed by atoms with E-state index < -0.39 is 29.4 Å². The lowest BCUT2D eigenvalue weighted by molar-refractivity contribution is -0.137. The number of carbonyl (C=O) groups is 3. The Morgan fingerprint density at radius 3 is 2.41 bits per heavy atom. The molecule has 2 aliphatic rings. The molecule has 0 unspecified atom stereocenters. The summed E-state index contributed by atoms with van der Waals surface area (Å²) in [7, 11) is 0. The summed E-state index contributed by atoms with van der Waals surface area (Å²) in [6, 6.07) is 10.5. The second kappa shape index (κ2) is 9.66. The molecule has 10 heteroatoms. The fraction of sp³-hybridized carbons (Fsp3) is 0.375. The van der Waals surface area contributed by atoms with Crippen molar-refractivity contribution in [1.82, 2.24) is 4.90 Å². The van der Waals surface area contributed by atoms with Crippen LogP contribution in [-0.2, 0) is 22.2 Å². The van der Waals surface area contributed by atoms with E-state index in [4.69, 9.17) is 11.6 Å². The van der Waals surface area contributed by atoms with Crippen molar-refractivity contribution >= 4 is 40.7 Å². The molecule has 1 saturated heterocycles. The number of piperidine rings is 1. The van der Waals surface area contributed by atoms with Gasteiger partial charge in [0.1, 0.15) is 5.88 Å². The van der Waals surface area contributed by atoms with Crippen LogP contribution < -0.4 is 10.2 Å². The Balaban J connectivity index is 1.45. The molecule has 0 bridgehead atoms. The third-order valence-corrected chi connectivity index (χ3v) is 6.44. The Morgan fingerprint density at radius 1 is 1.03 bits per heavy atom. The van der Waals surface area contributed by atoms with Crippen molar-refractivity contribution in [1.29, 1.82) is 0 Å². The van der Waals surface area contributed by atoms with E-state index >= 15 is 0 Å². The molecule has 3 amide bonds. The smallest absolute Gasteiger partial charge is 0.339 e. The van der Waals surface area contributed by atoms with Gasteiger partial charge in [0.05, 0.1) is 5.56 Å². The Hall–Kier alpha value is -3.07. The first kappa shape index (κ1) is 24.1. The van der Waals surface area contributed by atoms with Crippen molar-refractivity contribution in [3.63, 3.8) is 0 Å². The largest absolute Gasteiger partial charge is 0.416 e. The van der Waals surface area contributed by atoms with Gasteiger partial charge in [-0.05, 0) is 49.1 Å². The summed E-state index contributed by atoms with van der Waals surface area (Å²) in [4.78, 5) is 40.9. The number of likely N-dealkylation sites (tertiary alicyclic amines) is 1. The normalized spacial score (nSPS) is 16.4. The number of halogens is 4. The van der Waals surface area contributed by atoms with E-state index in [1.807, 2.05) is 24.3 Å². The van der Waals surface area contributed by atoms with Crippen LogP contribution in [-0.4, -0.2) is 48.1 Å². The first-order valence-electron chi connectivity index (χ1n) is 10.9. The van der Waals surface area contributed by atoms with Gasteiger partial charge in [0, 0.05) is 42.5 Å². The molecule has 2 aliphatic heterocycles. The third-order valence-electron chi connectivity index (χ3n) is 6.20. The van der Waals surface area contributed by atoms with Crippen LogP contribution in [0.15, 0.2) is 42.5 Å². The standard InChI is InChI=1S/C24H23ClF3N3O3/c25-14-21(32)29-19-12-17(11-18(13-19)24(26,27)28)22(33)30-8-5-16(6-9-30)23(34)31-10-7-15-3-1-2-4-20(15)31/h1-4,11-13,16H,5-10,14H2,(H,29,32). The summed E-state index contributed by atoms with van der Waals surface area (Å²) in [5, 5.41) is 2.27. The third kappa shape index (κ3) is 5.04. The lowest BCUT2D eigenvalue weighted by atomic mass is 9.94. The zero-order chi connectivity index (χ0) is 24.5. The maximum Gasteiger partial charge on any atom is 0.416 e. The number of nitrogens with one attached hydrogen (secondary N) is 1. The number of nitrogens with zero attached hydrogens (tertiary/aromatic N) is 2. The highest BCUT2D eigenvalue weighted by Crippen LogP contribution is 2.34. The fourth-order valence-corrected chi connectivity index (χ4v) is 4.55. The topological polar surface area (TPSA) is 69.7 Å². The lowest BCUT2D eigenvalue weighted by Crippen LogP contribution is -2.44. The van der Waals surface area contributed by atoms with Crippen LogP contribution in [0.2, 0.25) is 0 Å². The number of amides is 3. The maximum absolute atomic E-state index is 13.4. The van der Waals surface area contributed by atoms with Gasteiger partial charge in [0.2, 0.25) is 11.8 Å². The minimum atomic E-state index is -4.69. The van der Waals surface area contributed by atoms with Crippen molar-refractivity contribution in [2.45, 2.75) is 25.4 Å². The van der Waals surface area contributed by atoms with Crippen LogP contribution in [0.25, 0.3) is 0 Å². The van der Waals surface area contributed by atoms with E-state index in [9.17, 15) is 27.6 Å². The number of hydrogen-bond acceptors (Lipinski definition) is 3. The molecule has 34 heavy (non-hydrogen) atoms. The number of fused-ring (bicyclic) bond motifs is 1.